The molecule has 0 saturated carbocycles. The molecule has 0 aliphatic carbocycles. The number of rotatable bonds is 8. The monoisotopic (exact) mass is 356 g/mol. The van der Waals surface area contributed by atoms with Crippen molar-refractivity contribution in [2.24, 2.45) is 0 Å². The number of carbonyl (C=O) groups is 2. The Balaban J connectivity index is 2.96. The number of esters is 1. The van der Waals surface area contributed by atoms with Crippen LogP contribution in [0.25, 0.3) is 0 Å². The molecular formula is C16H24N2O5S. The minimum Gasteiger partial charge on any atom is -0.462 e. The average Bonchev–Trinajstić information content (AvgIpc) is 2.52. The first-order valence-corrected chi connectivity index (χ1v) is 9.23. The predicted molar refractivity (Wildman–Crippen MR) is 90.1 cm³/mol. The number of ether oxygens (including phenoxy) is 1. The number of sulfonamides is 1. The SMILES string of the molecule is CCOC(=O)c1ccc(S(=O)(=O)N(CC)CC(=O)NC(C)C)cc1. The van der Waals surface area contributed by atoms with Crippen molar-refractivity contribution in [1.29, 1.82) is 0 Å². The highest BCUT2D eigenvalue weighted by Crippen LogP contribution is 2.16. The van der Waals surface area contributed by atoms with E-state index in [9.17, 15) is 18.0 Å². The van der Waals surface area contributed by atoms with Gasteiger partial charge < -0.3 is 10.1 Å². The summed E-state index contributed by atoms with van der Waals surface area (Å²) < 4.78 is 31.2. The van der Waals surface area contributed by atoms with Crippen LogP contribution in [0.3, 0.4) is 0 Å². The Bertz CT molecular complexity index is 668. The van der Waals surface area contributed by atoms with Gasteiger partial charge in [0.05, 0.1) is 23.6 Å². The second kappa shape index (κ2) is 8.79. The molecule has 0 heterocycles. The van der Waals surface area contributed by atoms with Crippen LogP contribution in [0.15, 0.2) is 29.2 Å². The molecule has 0 unspecified atom stereocenters. The van der Waals surface area contributed by atoms with E-state index in [1.54, 1.807) is 27.7 Å². The topological polar surface area (TPSA) is 92.8 Å². The van der Waals surface area contributed by atoms with Crippen molar-refractivity contribution in [2.45, 2.75) is 38.6 Å². The molecule has 0 spiro atoms. The summed E-state index contributed by atoms with van der Waals surface area (Å²) in [6, 6.07) is 5.40. The summed E-state index contributed by atoms with van der Waals surface area (Å²) in [6.45, 7) is 7.11. The summed E-state index contributed by atoms with van der Waals surface area (Å²) in [6.07, 6.45) is 0. The average molecular weight is 356 g/mol. The number of hydrogen-bond donors (Lipinski definition) is 1. The Hall–Kier alpha value is -1.93. The minimum absolute atomic E-state index is 0.0229. The highest BCUT2D eigenvalue weighted by atomic mass is 32.2. The van der Waals surface area contributed by atoms with E-state index in [1.807, 2.05) is 0 Å². The Morgan fingerprint density at radius 2 is 1.75 bits per heavy atom. The molecule has 24 heavy (non-hydrogen) atoms. The smallest absolute Gasteiger partial charge is 0.338 e. The van der Waals surface area contributed by atoms with Gasteiger partial charge in [0.25, 0.3) is 0 Å². The molecule has 1 N–H and O–H groups in total. The quantitative estimate of drug-likeness (QED) is 0.711. The predicted octanol–water partition coefficient (Wildman–Crippen LogP) is 1.40. The molecule has 8 heteroatoms. The van der Waals surface area contributed by atoms with E-state index >= 15 is 0 Å². The van der Waals surface area contributed by atoms with Crippen molar-refractivity contribution < 1.29 is 22.7 Å². The molecular weight excluding hydrogens is 332 g/mol. The Labute approximate surface area is 143 Å². The lowest BCUT2D eigenvalue weighted by Crippen LogP contribution is -2.42. The van der Waals surface area contributed by atoms with E-state index in [0.717, 1.165) is 4.31 Å². The summed E-state index contributed by atoms with van der Waals surface area (Å²) in [5, 5.41) is 2.66. The number of hydrogen-bond acceptors (Lipinski definition) is 5. The van der Waals surface area contributed by atoms with Crippen molar-refractivity contribution in [3.05, 3.63) is 29.8 Å². The van der Waals surface area contributed by atoms with Gasteiger partial charge in [0.2, 0.25) is 15.9 Å². The van der Waals surface area contributed by atoms with Crippen molar-refractivity contribution in [1.82, 2.24) is 9.62 Å². The lowest BCUT2D eigenvalue weighted by atomic mass is 10.2. The van der Waals surface area contributed by atoms with E-state index in [1.165, 1.54) is 24.3 Å². The molecule has 1 amide bonds. The third kappa shape index (κ3) is 5.31. The van der Waals surface area contributed by atoms with Gasteiger partial charge >= 0.3 is 5.97 Å². The zero-order valence-electron chi connectivity index (χ0n) is 14.4. The maximum atomic E-state index is 12.6. The number of amides is 1. The molecule has 0 bridgehead atoms. The van der Waals surface area contributed by atoms with Gasteiger partial charge in [-0.2, -0.15) is 4.31 Å². The fraction of sp³-hybridized carbons (Fsp3) is 0.500. The van der Waals surface area contributed by atoms with Crippen LogP contribution in [-0.4, -0.2) is 50.3 Å². The second-order valence-electron chi connectivity index (χ2n) is 5.40. The van der Waals surface area contributed by atoms with Gasteiger partial charge in [0.15, 0.2) is 0 Å². The molecule has 0 aliphatic heterocycles. The van der Waals surface area contributed by atoms with Crippen LogP contribution < -0.4 is 5.32 Å². The molecule has 7 nitrogen and oxygen atoms in total. The van der Waals surface area contributed by atoms with Crippen LogP contribution in [0.5, 0.6) is 0 Å². The fourth-order valence-electron chi connectivity index (χ4n) is 2.02. The van der Waals surface area contributed by atoms with Crippen molar-refractivity contribution in [3.8, 4) is 0 Å². The summed E-state index contributed by atoms with van der Waals surface area (Å²) in [5.74, 6) is -0.872. The molecule has 1 aromatic rings. The number of nitrogens with one attached hydrogen (secondary N) is 1. The minimum atomic E-state index is -3.82. The van der Waals surface area contributed by atoms with Crippen molar-refractivity contribution >= 4 is 21.9 Å². The molecule has 0 fully saturated rings. The summed E-state index contributed by atoms with van der Waals surface area (Å²) in [7, 11) is -3.82. The molecule has 0 radical (unpaired) electrons. The summed E-state index contributed by atoms with van der Waals surface area (Å²) >= 11 is 0. The zero-order chi connectivity index (χ0) is 18.3. The first-order chi connectivity index (χ1) is 11.2. The van der Waals surface area contributed by atoms with Gasteiger partial charge in [0, 0.05) is 12.6 Å². The van der Waals surface area contributed by atoms with Crippen LogP contribution in [0.1, 0.15) is 38.1 Å². The number of carbonyl (C=O) groups excluding carboxylic acids is 2. The molecule has 134 valence electrons. The van der Waals surface area contributed by atoms with Crippen molar-refractivity contribution in [3.63, 3.8) is 0 Å². The normalized spacial score (nSPS) is 11.6. The number of benzene rings is 1. The van der Waals surface area contributed by atoms with Crippen molar-refractivity contribution in [2.75, 3.05) is 19.7 Å². The van der Waals surface area contributed by atoms with Crippen LogP contribution in [0.2, 0.25) is 0 Å². The van der Waals surface area contributed by atoms with E-state index in [0.29, 0.717) is 0 Å². The maximum Gasteiger partial charge on any atom is 0.338 e. The summed E-state index contributed by atoms with van der Waals surface area (Å²) in [5.41, 5.74) is 0.274. The van der Waals surface area contributed by atoms with Crippen LogP contribution in [0.4, 0.5) is 0 Å². The molecule has 0 saturated heterocycles. The first kappa shape index (κ1) is 20.1. The van der Waals surface area contributed by atoms with E-state index < -0.39 is 16.0 Å². The molecule has 0 aromatic heterocycles. The second-order valence-corrected chi connectivity index (χ2v) is 7.34. The molecule has 0 aliphatic rings. The third-order valence-corrected chi connectivity index (χ3v) is 5.06. The van der Waals surface area contributed by atoms with Gasteiger partial charge in [-0.25, -0.2) is 13.2 Å². The standard InChI is InChI=1S/C16H24N2O5S/c1-5-18(11-15(19)17-12(3)4)24(21,22)14-9-7-13(8-10-14)16(20)23-6-2/h7-10,12H,5-6,11H2,1-4H3,(H,17,19). The van der Waals surface area contributed by atoms with Gasteiger partial charge in [0.1, 0.15) is 0 Å². The van der Waals surface area contributed by atoms with Crippen LogP contribution >= 0.6 is 0 Å². The lowest BCUT2D eigenvalue weighted by Gasteiger charge is -2.21. The van der Waals surface area contributed by atoms with Crippen LogP contribution in [-0.2, 0) is 19.6 Å². The van der Waals surface area contributed by atoms with Gasteiger partial charge in [-0.05, 0) is 45.0 Å². The third-order valence-electron chi connectivity index (χ3n) is 3.13. The zero-order valence-corrected chi connectivity index (χ0v) is 15.2. The highest BCUT2D eigenvalue weighted by molar-refractivity contribution is 7.89. The molecule has 1 rings (SSSR count). The summed E-state index contributed by atoms with van der Waals surface area (Å²) in [4.78, 5) is 23.5. The fourth-order valence-corrected chi connectivity index (χ4v) is 3.43. The highest BCUT2D eigenvalue weighted by Gasteiger charge is 2.25. The molecule has 0 atom stereocenters. The largest absolute Gasteiger partial charge is 0.462 e. The maximum absolute atomic E-state index is 12.6. The van der Waals surface area contributed by atoms with E-state index in [2.05, 4.69) is 5.32 Å². The Kier molecular flexibility index (Phi) is 7.37. The number of nitrogens with zero attached hydrogens (tertiary/aromatic N) is 1. The van der Waals surface area contributed by atoms with Gasteiger partial charge in [-0.1, -0.05) is 6.92 Å². The van der Waals surface area contributed by atoms with E-state index in [4.69, 9.17) is 4.74 Å². The number of likely N-dealkylation sites (N-methyl/N-ethyl adjacent to an activating group) is 1. The molecule has 1 aromatic carbocycles. The Morgan fingerprint density at radius 1 is 1.17 bits per heavy atom. The first-order valence-electron chi connectivity index (χ1n) is 7.79. The van der Waals surface area contributed by atoms with E-state index in [-0.39, 0.29) is 42.1 Å². The lowest BCUT2D eigenvalue weighted by molar-refractivity contribution is -0.121. The van der Waals surface area contributed by atoms with Gasteiger partial charge in [-0.15, -0.1) is 0 Å². The Morgan fingerprint density at radius 3 is 2.21 bits per heavy atom. The van der Waals surface area contributed by atoms with Crippen LogP contribution in [0, 0.1) is 0 Å². The van der Waals surface area contributed by atoms with Gasteiger partial charge in [-0.3, -0.25) is 4.79 Å².